The van der Waals surface area contributed by atoms with Crippen LogP contribution in [0.15, 0.2) is 46.6 Å². The molecule has 0 fully saturated rings. The van der Waals surface area contributed by atoms with Crippen molar-refractivity contribution in [3.63, 3.8) is 0 Å². The van der Waals surface area contributed by atoms with Crippen molar-refractivity contribution in [3.05, 3.63) is 56.4 Å². The molecule has 5 heteroatoms. The molecule has 3 N–H and O–H groups in total. The summed E-state index contributed by atoms with van der Waals surface area (Å²) in [4.78, 5) is 18.1. The molecule has 0 bridgehead atoms. The second-order valence-electron chi connectivity index (χ2n) is 6.51. The van der Waals surface area contributed by atoms with Crippen molar-refractivity contribution in [3.8, 4) is 0 Å². The summed E-state index contributed by atoms with van der Waals surface area (Å²) in [5.74, 6) is -0.166. The first kappa shape index (κ1) is 19.4. The fourth-order valence-electron chi connectivity index (χ4n) is 3.43. The van der Waals surface area contributed by atoms with E-state index in [-0.39, 0.29) is 5.91 Å². The Morgan fingerprint density at radius 3 is 2.63 bits per heavy atom. The summed E-state index contributed by atoms with van der Waals surface area (Å²) in [5, 5.41) is 3.84. The number of hydrogen-bond acceptors (Lipinski definition) is 4. The van der Waals surface area contributed by atoms with Gasteiger partial charge in [0.25, 0.3) is 5.91 Å². The number of nitrogens with two attached hydrogens (primary N) is 1. The molecule has 0 spiro atoms. The molecule has 27 heavy (non-hydrogen) atoms. The van der Waals surface area contributed by atoms with Crippen LogP contribution in [-0.4, -0.2) is 5.91 Å². The molecular weight excluding hydrogens is 354 g/mol. The summed E-state index contributed by atoms with van der Waals surface area (Å²) < 4.78 is 0.877. The van der Waals surface area contributed by atoms with Gasteiger partial charge in [0.15, 0.2) is 0 Å². The number of para-hydroxylation sites is 1. The first-order valence-corrected chi connectivity index (χ1v) is 10.6. The van der Waals surface area contributed by atoms with Crippen molar-refractivity contribution in [1.82, 2.24) is 0 Å². The van der Waals surface area contributed by atoms with Crippen molar-refractivity contribution in [2.24, 2.45) is 4.99 Å². The molecule has 0 unspecified atom stereocenters. The van der Waals surface area contributed by atoms with E-state index in [1.54, 1.807) is 0 Å². The molecule has 2 aliphatic rings. The Kier molecular flexibility index (Phi) is 6.45. The Balaban J connectivity index is 0.00000102. The van der Waals surface area contributed by atoms with Gasteiger partial charge in [-0.25, -0.2) is 4.99 Å². The number of allylic oxidation sites excluding steroid dienone is 2. The molecule has 0 atom stereocenters. The standard InChI is InChI=1S/C20H21N3OS.C2H6/c21-17-15-12-11-13-7-3-1-6-10-16(13)23-20(15)25-18(17)19(24)22-14-8-4-2-5-9-14;1-2/h2,4-5,8-9,12H,1,3,6-7,10-11,21H2,(H,22,24);1-2H3. The predicted octanol–water partition coefficient (Wildman–Crippen LogP) is 4.63. The van der Waals surface area contributed by atoms with Gasteiger partial charge in [0.2, 0.25) is 0 Å². The van der Waals surface area contributed by atoms with Crippen LogP contribution in [0.3, 0.4) is 0 Å². The number of rotatable bonds is 2. The van der Waals surface area contributed by atoms with Gasteiger partial charge in [-0.15, -0.1) is 11.3 Å². The van der Waals surface area contributed by atoms with Crippen LogP contribution in [0.2, 0.25) is 0 Å². The molecule has 0 saturated heterocycles. The Bertz CT molecular complexity index is 957. The second kappa shape index (κ2) is 9.00. The SMILES string of the molecule is CC.Nc1c(C(=O)Nc2ccccc2)sc2c1=CCC1=C(CCCCC1)N=2. The third-order valence-corrected chi connectivity index (χ3v) is 5.91. The molecule has 2 heterocycles. The summed E-state index contributed by atoms with van der Waals surface area (Å²) in [6, 6.07) is 9.44. The van der Waals surface area contributed by atoms with Crippen molar-refractivity contribution < 1.29 is 4.79 Å². The number of nitrogens with zero attached hydrogens (tertiary/aromatic N) is 1. The maximum Gasteiger partial charge on any atom is 0.267 e. The third kappa shape index (κ3) is 4.30. The van der Waals surface area contributed by atoms with Gasteiger partial charge in [0.1, 0.15) is 9.55 Å². The minimum Gasteiger partial charge on any atom is -0.397 e. The lowest BCUT2D eigenvalue weighted by Gasteiger charge is -2.05. The number of anilines is 2. The van der Waals surface area contributed by atoms with Crippen LogP contribution in [-0.2, 0) is 0 Å². The maximum absolute atomic E-state index is 12.6. The number of carbonyl (C=O) groups is 1. The summed E-state index contributed by atoms with van der Waals surface area (Å²) >= 11 is 1.40. The van der Waals surface area contributed by atoms with Crippen LogP contribution >= 0.6 is 11.3 Å². The van der Waals surface area contributed by atoms with Crippen molar-refractivity contribution in [2.45, 2.75) is 52.4 Å². The van der Waals surface area contributed by atoms with Crippen molar-refractivity contribution in [2.75, 3.05) is 11.1 Å². The Labute approximate surface area is 164 Å². The monoisotopic (exact) mass is 381 g/mol. The largest absolute Gasteiger partial charge is 0.397 e. The lowest BCUT2D eigenvalue weighted by atomic mass is 10.1. The van der Waals surface area contributed by atoms with E-state index in [4.69, 9.17) is 10.7 Å². The van der Waals surface area contributed by atoms with Gasteiger partial charge in [-0.05, 0) is 49.8 Å². The first-order valence-electron chi connectivity index (χ1n) is 9.77. The van der Waals surface area contributed by atoms with E-state index in [1.807, 2.05) is 44.2 Å². The van der Waals surface area contributed by atoms with E-state index in [9.17, 15) is 4.79 Å². The van der Waals surface area contributed by atoms with Crippen LogP contribution in [0, 0.1) is 0 Å². The smallest absolute Gasteiger partial charge is 0.267 e. The van der Waals surface area contributed by atoms with Gasteiger partial charge in [0.05, 0.1) is 5.69 Å². The highest BCUT2D eigenvalue weighted by Crippen LogP contribution is 2.28. The third-order valence-electron chi connectivity index (χ3n) is 4.79. The molecule has 1 aromatic heterocycles. The van der Waals surface area contributed by atoms with E-state index < -0.39 is 0 Å². The fraction of sp³-hybridized carbons (Fsp3) is 0.364. The van der Waals surface area contributed by atoms with Crippen LogP contribution in [0.25, 0.3) is 6.08 Å². The first-order chi connectivity index (χ1) is 13.2. The van der Waals surface area contributed by atoms with Gasteiger partial charge in [-0.1, -0.05) is 44.5 Å². The average Bonchev–Trinajstić information content (AvgIpc) is 2.85. The zero-order valence-corrected chi connectivity index (χ0v) is 16.9. The maximum atomic E-state index is 12.6. The minimum absolute atomic E-state index is 0.166. The van der Waals surface area contributed by atoms with Gasteiger partial charge < -0.3 is 11.1 Å². The Morgan fingerprint density at radius 1 is 1.11 bits per heavy atom. The molecular formula is C22H27N3OS. The van der Waals surface area contributed by atoms with E-state index >= 15 is 0 Å². The topological polar surface area (TPSA) is 67.5 Å². The minimum atomic E-state index is -0.166. The number of nitrogen functional groups attached to an aromatic ring is 1. The molecule has 1 aliphatic carbocycles. The highest BCUT2D eigenvalue weighted by atomic mass is 32.1. The summed E-state index contributed by atoms with van der Waals surface area (Å²) in [6.07, 6.45) is 8.92. The van der Waals surface area contributed by atoms with E-state index in [0.29, 0.717) is 10.6 Å². The summed E-state index contributed by atoms with van der Waals surface area (Å²) in [5.41, 5.74) is 10.3. The van der Waals surface area contributed by atoms with E-state index in [0.717, 1.165) is 34.8 Å². The molecule has 1 aliphatic heterocycles. The summed E-state index contributed by atoms with van der Waals surface area (Å²) in [7, 11) is 0. The molecule has 0 radical (unpaired) electrons. The average molecular weight is 382 g/mol. The highest BCUT2D eigenvalue weighted by molar-refractivity contribution is 7.12. The van der Waals surface area contributed by atoms with Gasteiger partial charge in [0, 0.05) is 16.6 Å². The van der Waals surface area contributed by atoms with Crippen LogP contribution in [0.4, 0.5) is 11.4 Å². The normalized spacial score (nSPS) is 15.6. The fourth-order valence-corrected chi connectivity index (χ4v) is 4.45. The zero-order chi connectivity index (χ0) is 19.2. The molecule has 1 aromatic carbocycles. The summed E-state index contributed by atoms with van der Waals surface area (Å²) in [6.45, 7) is 4.00. The highest BCUT2D eigenvalue weighted by Gasteiger charge is 2.19. The number of benzene rings is 1. The molecule has 4 rings (SSSR count). The quantitative estimate of drug-likeness (QED) is 0.796. The zero-order valence-electron chi connectivity index (χ0n) is 16.0. The Hall–Kier alpha value is -2.40. The van der Waals surface area contributed by atoms with Gasteiger partial charge in [-0.3, -0.25) is 4.79 Å². The number of fused-ring (bicyclic) bond motifs is 1. The van der Waals surface area contributed by atoms with E-state index in [2.05, 4.69) is 11.4 Å². The lowest BCUT2D eigenvalue weighted by molar-refractivity contribution is 0.103. The molecule has 4 nitrogen and oxygen atoms in total. The molecule has 0 saturated carbocycles. The van der Waals surface area contributed by atoms with Crippen LogP contribution in [0.1, 0.15) is 62.0 Å². The number of hydrogen-bond donors (Lipinski definition) is 2. The van der Waals surface area contributed by atoms with Crippen LogP contribution in [0.5, 0.6) is 0 Å². The predicted molar refractivity (Wildman–Crippen MR) is 114 cm³/mol. The molecule has 1 amide bonds. The van der Waals surface area contributed by atoms with Gasteiger partial charge in [-0.2, -0.15) is 0 Å². The van der Waals surface area contributed by atoms with Gasteiger partial charge >= 0.3 is 0 Å². The Morgan fingerprint density at radius 2 is 1.85 bits per heavy atom. The number of amides is 1. The number of thiophene rings is 1. The van der Waals surface area contributed by atoms with E-state index in [1.165, 1.54) is 41.9 Å². The van der Waals surface area contributed by atoms with Crippen LogP contribution < -0.4 is 20.9 Å². The molecule has 2 aromatic rings. The van der Waals surface area contributed by atoms with Crippen molar-refractivity contribution >= 4 is 34.7 Å². The number of carbonyl (C=O) groups excluding carboxylic acids is 1. The lowest BCUT2D eigenvalue weighted by Crippen LogP contribution is -2.21. The molecule has 142 valence electrons. The second-order valence-corrected chi connectivity index (χ2v) is 7.51. The van der Waals surface area contributed by atoms with Crippen molar-refractivity contribution in [1.29, 1.82) is 0 Å². The number of nitrogens with one attached hydrogen (secondary N) is 1.